The quantitative estimate of drug-likeness (QED) is 0.584. The van der Waals surface area contributed by atoms with E-state index in [-0.39, 0.29) is 0 Å². The van der Waals surface area contributed by atoms with Crippen molar-refractivity contribution in [2.24, 2.45) is 5.29 Å². The summed E-state index contributed by atoms with van der Waals surface area (Å²) in [6.07, 6.45) is 0. The van der Waals surface area contributed by atoms with Crippen LogP contribution in [0.1, 0.15) is 0 Å². The van der Waals surface area contributed by atoms with Crippen LogP contribution in [0.3, 0.4) is 0 Å². The molecule has 80 valence electrons. The fraction of sp³-hybridized carbons (Fsp3) is 0.222. The van der Waals surface area contributed by atoms with Gasteiger partial charge in [-0.2, -0.15) is 0 Å². The molecule has 0 aromatic heterocycles. The summed E-state index contributed by atoms with van der Waals surface area (Å²) in [5.74, 6) is -0.737. The van der Waals surface area contributed by atoms with Crippen molar-refractivity contribution < 1.29 is 14.6 Å². The Morgan fingerprint density at radius 3 is 2.73 bits per heavy atom. The number of carboxylic acid groups (broad SMARTS) is 1. The second kappa shape index (κ2) is 4.94. The molecule has 0 aliphatic carbocycles. The van der Waals surface area contributed by atoms with Crippen LogP contribution in [0.5, 0.6) is 5.75 Å². The molecule has 0 amide bonds. The smallest absolute Gasteiger partial charge is 0.325 e. The van der Waals surface area contributed by atoms with Crippen LogP contribution in [0, 0.1) is 4.91 Å². The molecule has 0 atom stereocenters. The molecule has 1 aromatic carbocycles. The fourth-order valence-corrected chi connectivity index (χ4v) is 1.13. The van der Waals surface area contributed by atoms with E-state index in [2.05, 4.69) is 5.29 Å². The third kappa shape index (κ3) is 2.67. The lowest BCUT2D eigenvalue weighted by Gasteiger charge is -2.15. The Bertz CT molecular complexity index is 367. The highest BCUT2D eigenvalue weighted by atomic mass is 16.5. The van der Waals surface area contributed by atoms with E-state index in [0.29, 0.717) is 11.4 Å². The van der Waals surface area contributed by atoms with E-state index in [9.17, 15) is 9.70 Å². The lowest BCUT2D eigenvalue weighted by Crippen LogP contribution is -2.24. The molecule has 0 fully saturated rings. The number of rotatable bonds is 5. The maximum atomic E-state index is 10.5. The number of para-hydroxylation sites is 2. The van der Waals surface area contributed by atoms with Crippen molar-refractivity contribution in [1.29, 1.82) is 0 Å². The standard InChI is InChI=1S/C9H10N2O4/c1-15-8-5-3-2-4-7(8)11(10-14)6-9(12)13/h2-5H,6H2,1H3,(H,12,13). The number of benzene rings is 1. The molecule has 6 nitrogen and oxygen atoms in total. The highest BCUT2D eigenvalue weighted by molar-refractivity contribution is 5.74. The van der Waals surface area contributed by atoms with Gasteiger partial charge in [0, 0.05) is 0 Å². The van der Waals surface area contributed by atoms with Crippen molar-refractivity contribution >= 4 is 11.7 Å². The van der Waals surface area contributed by atoms with Crippen molar-refractivity contribution in [3.8, 4) is 5.75 Å². The zero-order valence-electron chi connectivity index (χ0n) is 8.08. The van der Waals surface area contributed by atoms with E-state index in [1.54, 1.807) is 24.3 Å². The van der Waals surface area contributed by atoms with Gasteiger partial charge >= 0.3 is 5.97 Å². The molecular weight excluding hydrogens is 200 g/mol. The van der Waals surface area contributed by atoms with Gasteiger partial charge in [0.1, 0.15) is 18.0 Å². The molecule has 6 heteroatoms. The number of nitrogens with zero attached hydrogens (tertiary/aromatic N) is 2. The summed E-state index contributed by atoms with van der Waals surface area (Å²) < 4.78 is 4.98. The van der Waals surface area contributed by atoms with Gasteiger partial charge in [-0.25, -0.2) is 5.01 Å². The number of hydrogen-bond acceptors (Lipinski definition) is 4. The van der Waals surface area contributed by atoms with Crippen LogP contribution in [-0.4, -0.2) is 24.7 Å². The Morgan fingerprint density at radius 2 is 2.20 bits per heavy atom. The summed E-state index contributed by atoms with van der Waals surface area (Å²) in [6, 6.07) is 6.56. The molecule has 0 heterocycles. The van der Waals surface area contributed by atoms with Gasteiger partial charge in [0.15, 0.2) is 0 Å². The van der Waals surface area contributed by atoms with Gasteiger partial charge in [0.25, 0.3) is 0 Å². The first-order chi connectivity index (χ1) is 7.19. The maximum absolute atomic E-state index is 10.5. The zero-order chi connectivity index (χ0) is 11.3. The van der Waals surface area contributed by atoms with E-state index in [0.717, 1.165) is 5.01 Å². The SMILES string of the molecule is COc1ccccc1N(CC(=O)O)N=O. The van der Waals surface area contributed by atoms with Gasteiger partial charge in [0.05, 0.1) is 12.4 Å². The largest absolute Gasteiger partial charge is 0.495 e. The third-order valence-electron chi connectivity index (χ3n) is 1.75. The molecule has 0 radical (unpaired) electrons. The Balaban J connectivity index is 3.00. The first-order valence-corrected chi connectivity index (χ1v) is 4.14. The van der Waals surface area contributed by atoms with Crippen molar-refractivity contribution in [3.05, 3.63) is 29.2 Å². The molecule has 0 bridgehead atoms. The lowest BCUT2D eigenvalue weighted by molar-refractivity contribution is -0.135. The lowest BCUT2D eigenvalue weighted by atomic mass is 10.3. The molecular formula is C9H10N2O4. The molecule has 1 N–H and O–H groups in total. The molecule has 1 aromatic rings. The predicted octanol–water partition coefficient (Wildman–Crippen LogP) is 1.27. The average molecular weight is 210 g/mol. The normalized spacial score (nSPS) is 9.40. The number of anilines is 1. The number of hydrogen-bond donors (Lipinski definition) is 1. The number of nitroso groups, excluding NO2 is 1. The maximum Gasteiger partial charge on any atom is 0.325 e. The number of carboxylic acids is 1. The highest BCUT2D eigenvalue weighted by Crippen LogP contribution is 2.27. The summed E-state index contributed by atoms with van der Waals surface area (Å²) in [5.41, 5.74) is 0.331. The fourth-order valence-electron chi connectivity index (χ4n) is 1.13. The van der Waals surface area contributed by atoms with Crippen molar-refractivity contribution in [3.63, 3.8) is 0 Å². The van der Waals surface area contributed by atoms with E-state index in [1.165, 1.54) is 7.11 Å². The van der Waals surface area contributed by atoms with Gasteiger partial charge in [-0.05, 0) is 12.1 Å². The van der Waals surface area contributed by atoms with Crippen molar-refractivity contribution in [1.82, 2.24) is 0 Å². The minimum atomic E-state index is -1.14. The van der Waals surface area contributed by atoms with Gasteiger partial charge in [-0.3, -0.25) is 4.79 Å². The summed E-state index contributed by atoms with van der Waals surface area (Å²) in [4.78, 5) is 20.9. The topological polar surface area (TPSA) is 79.2 Å². The highest BCUT2D eigenvalue weighted by Gasteiger charge is 2.14. The molecule has 0 saturated heterocycles. The molecule has 15 heavy (non-hydrogen) atoms. The first-order valence-electron chi connectivity index (χ1n) is 4.14. The van der Waals surface area contributed by atoms with Crippen LogP contribution in [0.25, 0.3) is 0 Å². The van der Waals surface area contributed by atoms with E-state index in [1.807, 2.05) is 0 Å². The van der Waals surface area contributed by atoms with E-state index >= 15 is 0 Å². The molecule has 0 aliphatic rings. The van der Waals surface area contributed by atoms with Crippen LogP contribution >= 0.6 is 0 Å². The molecule has 0 saturated carbocycles. The molecule has 1 rings (SSSR count). The second-order valence-corrected chi connectivity index (χ2v) is 2.70. The Labute approximate surface area is 86.0 Å². The van der Waals surface area contributed by atoms with Crippen LogP contribution in [0.15, 0.2) is 29.6 Å². The third-order valence-corrected chi connectivity index (χ3v) is 1.75. The van der Waals surface area contributed by atoms with Crippen LogP contribution in [-0.2, 0) is 4.79 Å². The summed E-state index contributed by atoms with van der Waals surface area (Å²) in [5, 5.41) is 12.0. The first kappa shape index (κ1) is 11.0. The Kier molecular flexibility index (Phi) is 3.61. The predicted molar refractivity (Wildman–Crippen MR) is 53.8 cm³/mol. The van der Waals surface area contributed by atoms with E-state index < -0.39 is 12.5 Å². The van der Waals surface area contributed by atoms with Gasteiger partial charge in [-0.15, -0.1) is 4.91 Å². The Morgan fingerprint density at radius 1 is 1.53 bits per heavy atom. The second-order valence-electron chi connectivity index (χ2n) is 2.70. The number of aliphatic carboxylic acids is 1. The number of carbonyl (C=O) groups is 1. The number of methoxy groups -OCH3 is 1. The van der Waals surface area contributed by atoms with Crippen molar-refractivity contribution in [2.75, 3.05) is 18.7 Å². The van der Waals surface area contributed by atoms with Crippen LogP contribution < -0.4 is 9.75 Å². The molecule has 0 spiro atoms. The molecule has 0 aliphatic heterocycles. The van der Waals surface area contributed by atoms with Gasteiger partial charge in [-0.1, -0.05) is 12.1 Å². The minimum Gasteiger partial charge on any atom is -0.495 e. The Hall–Kier alpha value is -2.11. The molecule has 0 unspecified atom stereocenters. The van der Waals surface area contributed by atoms with Gasteiger partial charge in [0.2, 0.25) is 0 Å². The van der Waals surface area contributed by atoms with Crippen LogP contribution in [0.2, 0.25) is 0 Å². The van der Waals surface area contributed by atoms with Crippen LogP contribution in [0.4, 0.5) is 5.69 Å². The monoisotopic (exact) mass is 210 g/mol. The minimum absolute atomic E-state index is 0.331. The summed E-state index contributed by atoms with van der Waals surface area (Å²) in [6.45, 7) is -0.496. The van der Waals surface area contributed by atoms with Gasteiger partial charge < -0.3 is 9.84 Å². The summed E-state index contributed by atoms with van der Waals surface area (Å²) >= 11 is 0. The zero-order valence-corrected chi connectivity index (χ0v) is 8.08. The average Bonchev–Trinajstić information content (AvgIpc) is 2.25. The van der Waals surface area contributed by atoms with Crippen molar-refractivity contribution in [2.45, 2.75) is 0 Å². The van der Waals surface area contributed by atoms with E-state index in [4.69, 9.17) is 9.84 Å². The number of ether oxygens (including phenoxy) is 1. The summed E-state index contributed by atoms with van der Waals surface area (Å²) in [7, 11) is 1.43.